The summed E-state index contributed by atoms with van der Waals surface area (Å²) >= 11 is 5.52. The largest absolute Gasteiger partial charge is 0.459 e. The summed E-state index contributed by atoms with van der Waals surface area (Å²) in [4.78, 5) is 27.2. The number of esters is 1. The van der Waals surface area contributed by atoms with Crippen molar-refractivity contribution in [1.29, 1.82) is 0 Å². The highest BCUT2D eigenvalue weighted by Crippen LogP contribution is 2.32. The van der Waals surface area contributed by atoms with Gasteiger partial charge in [0.2, 0.25) is 5.91 Å². The van der Waals surface area contributed by atoms with Crippen molar-refractivity contribution in [3.8, 4) is 0 Å². The molecule has 0 spiro atoms. The lowest BCUT2D eigenvalue weighted by atomic mass is 9.94. The summed E-state index contributed by atoms with van der Waals surface area (Å²) in [5, 5.41) is 6.76. The number of thiocarbonyl (C=S) groups is 1. The van der Waals surface area contributed by atoms with Crippen LogP contribution in [-0.4, -0.2) is 34.5 Å². The molecular formula is C25H29N3O3S. The van der Waals surface area contributed by atoms with Crippen molar-refractivity contribution >= 4 is 34.9 Å². The molecule has 2 aromatic rings. The number of allylic oxidation sites excluding steroid dienone is 1. The normalized spacial score (nSPS) is 16.1. The average molecular weight is 452 g/mol. The van der Waals surface area contributed by atoms with Crippen molar-refractivity contribution in [1.82, 2.24) is 10.2 Å². The van der Waals surface area contributed by atoms with Crippen molar-refractivity contribution in [3.63, 3.8) is 0 Å². The Bertz CT molecular complexity index is 1020. The van der Waals surface area contributed by atoms with Crippen LogP contribution in [0.3, 0.4) is 0 Å². The lowest BCUT2D eigenvalue weighted by Crippen LogP contribution is -2.47. The highest BCUT2D eigenvalue weighted by molar-refractivity contribution is 7.80. The molecule has 1 atom stereocenters. The highest BCUT2D eigenvalue weighted by Gasteiger charge is 2.34. The molecule has 0 fully saturated rings. The van der Waals surface area contributed by atoms with Crippen LogP contribution in [0.25, 0.3) is 0 Å². The Hall–Kier alpha value is -3.19. The second-order valence-corrected chi connectivity index (χ2v) is 8.30. The predicted molar refractivity (Wildman–Crippen MR) is 130 cm³/mol. The molecule has 0 radical (unpaired) electrons. The van der Waals surface area contributed by atoms with Crippen LogP contribution in [0.4, 0.5) is 5.69 Å². The van der Waals surface area contributed by atoms with Gasteiger partial charge >= 0.3 is 5.97 Å². The summed E-state index contributed by atoms with van der Waals surface area (Å²) in [6.45, 7) is 8.17. The molecule has 0 aromatic heterocycles. The second-order valence-electron chi connectivity index (χ2n) is 7.91. The molecule has 3 rings (SSSR count). The van der Waals surface area contributed by atoms with Gasteiger partial charge in [0.1, 0.15) is 0 Å². The minimum absolute atomic E-state index is 0.0866. The van der Waals surface area contributed by atoms with Gasteiger partial charge in [-0.25, -0.2) is 4.79 Å². The summed E-state index contributed by atoms with van der Waals surface area (Å²) in [6, 6.07) is 16.6. The third-order valence-corrected chi connectivity index (χ3v) is 5.55. The van der Waals surface area contributed by atoms with E-state index in [-0.39, 0.29) is 18.0 Å². The smallest absolute Gasteiger partial charge is 0.338 e. The third kappa shape index (κ3) is 5.53. The van der Waals surface area contributed by atoms with Gasteiger partial charge in [0, 0.05) is 17.9 Å². The molecule has 6 nitrogen and oxygen atoms in total. The molecule has 0 saturated heterocycles. The number of hydrogen-bond donors (Lipinski definition) is 2. The number of rotatable bonds is 7. The Labute approximate surface area is 194 Å². The van der Waals surface area contributed by atoms with Crippen LogP contribution in [0.2, 0.25) is 0 Å². The van der Waals surface area contributed by atoms with Gasteiger partial charge in [0.25, 0.3) is 0 Å². The summed E-state index contributed by atoms with van der Waals surface area (Å²) in [7, 11) is 0. The van der Waals surface area contributed by atoms with Crippen molar-refractivity contribution in [2.45, 2.75) is 46.3 Å². The third-order valence-electron chi connectivity index (χ3n) is 5.21. The summed E-state index contributed by atoms with van der Waals surface area (Å²) in [5.74, 6) is -0.451. The lowest BCUT2D eigenvalue weighted by molar-refractivity contribution is -0.143. The van der Waals surface area contributed by atoms with E-state index in [0.29, 0.717) is 29.3 Å². The van der Waals surface area contributed by atoms with E-state index in [4.69, 9.17) is 17.0 Å². The summed E-state index contributed by atoms with van der Waals surface area (Å²) in [5.41, 5.74) is 3.83. The Kier molecular flexibility index (Phi) is 7.64. The van der Waals surface area contributed by atoms with E-state index >= 15 is 0 Å². The minimum atomic E-state index is -0.425. The van der Waals surface area contributed by atoms with Crippen LogP contribution in [0.15, 0.2) is 65.9 Å². The molecule has 1 amide bonds. The number of anilines is 1. The van der Waals surface area contributed by atoms with Gasteiger partial charge in [-0.2, -0.15) is 0 Å². The van der Waals surface area contributed by atoms with Crippen LogP contribution in [0, 0.1) is 0 Å². The van der Waals surface area contributed by atoms with Gasteiger partial charge < -0.3 is 20.3 Å². The average Bonchev–Trinajstić information content (AvgIpc) is 2.74. The van der Waals surface area contributed by atoms with Gasteiger partial charge in [-0.15, -0.1) is 0 Å². The molecule has 32 heavy (non-hydrogen) atoms. The molecule has 1 unspecified atom stereocenters. The lowest BCUT2D eigenvalue weighted by Gasteiger charge is -2.37. The number of benzene rings is 2. The number of nitrogens with one attached hydrogen (secondary N) is 2. The quantitative estimate of drug-likeness (QED) is 0.482. The Morgan fingerprint density at radius 2 is 1.78 bits per heavy atom. The maximum absolute atomic E-state index is 12.9. The maximum atomic E-state index is 12.9. The van der Waals surface area contributed by atoms with Crippen LogP contribution in [0.1, 0.15) is 44.9 Å². The van der Waals surface area contributed by atoms with Gasteiger partial charge in [-0.05, 0) is 63.2 Å². The molecule has 1 aliphatic heterocycles. The zero-order chi connectivity index (χ0) is 23.3. The SMILES string of the molecule is CCN1C(=S)NC(c2ccc(NC(=O)Cc3ccccc3)cc2)C(C(=O)OC(C)C)=C1C. The van der Waals surface area contributed by atoms with Crippen LogP contribution >= 0.6 is 12.2 Å². The predicted octanol–water partition coefficient (Wildman–Crippen LogP) is 4.34. The maximum Gasteiger partial charge on any atom is 0.338 e. The summed E-state index contributed by atoms with van der Waals surface area (Å²) < 4.78 is 5.51. The van der Waals surface area contributed by atoms with E-state index in [1.807, 2.05) is 87.2 Å². The molecule has 7 heteroatoms. The van der Waals surface area contributed by atoms with E-state index in [9.17, 15) is 9.59 Å². The van der Waals surface area contributed by atoms with Crippen molar-refractivity contribution in [3.05, 3.63) is 77.0 Å². The first-order valence-electron chi connectivity index (χ1n) is 10.7. The fourth-order valence-electron chi connectivity index (χ4n) is 3.70. The molecule has 2 aromatic carbocycles. The monoisotopic (exact) mass is 451 g/mol. The van der Waals surface area contributed by atoms with Crippen molar-refractivity contribution in [2.75, 3.05) is 11.9 Å². The number of ether oxygens (including phenoxy) is 1. The molecule has 0 bridgehead atoms. The van der Waals surface area contributed by atoms with E-state index < -0.39 is 6.04 Å². The first kappa shape index (κ1) is 23.5. The van der Waals surface area contributed by atoms with Gasteiger partial charge in [-0.3, -0.25) is 4.79 Å². The molecule has 0 saturated carbocycles. The number of carbonyl (C=O) groups is 2. The van der Waals surface area contributed by atoms with Crippen molar-refractivity contribution in [2.24, 2.45) is 0 Å². The number of hydrogen-bond acceptors (Lipinski definition) is 4. The van der Waals surface area contributed by atoms with E-state index in [2.05, 4.69) is 10.6 Å². The Morgan fingerprint density at radius 1 is 1.12 bits per heavy atom. The second kappa shape index (κ2) is 10.4. The first-order chi connectivity index (χ1) is 15.3. The van der Waals surface area contributed by atoms with Crippen molar-refractivity contribution < 1.29 is 14.3 Å². The van der Waals surface area contributed by atoms with Gasteiger partial charge in [0.05, 0.1) is 24.1 Å². The molecular weight excluding hydrogens is 422 g/mol. The molecule has 168 valence electrons. The van der Waals surface area contributed by atoms with Crippen LogP contribution < -0.4 is 10.6 Å². The molecule has 1 heterocycles. The Balaban J connectivity index is 1.80. The number of nitrogens with zero attached hydrogens (tertiary/aromatic N) is 1. The topological polar surface area (TPSA) is 70.7 Å². The van der Waals surface area contributed by atoms with E-state index in [1.165, 1.54) is 0 Å². The Morgan fingerprint density at radius 3 is 2.38 bits per heavy atom. The minimum Gasteiger partial charge on any atom is -0.459 e. The zero-order valence-electron chi connectivity index (χ0n) is 18.8. The van der Waals surface area contributed by atoms with E-state index in [1.54, 1.807) is 0 Å². The van der Waals surface area contributed by atoms with E-state index in [0.717, 1.165) is 16.8 Å². The molecule has 2 N–H and O–H groups in total. The first-order valence-corrected chi connectivity index (χ1v) is 11.1. The number of carbonyl (C=O) groups excluding carboxylic acids is 2. The molecule has 1 aliphatic rings. The standard InChI is InChI=1S/C25H29N3O3S/c1-5-28-17(4)22(24(30)31-16(2)3)23(27-25(28)32)19-11-13-20(14-12-19)26-21(29)15-18-9-7-6-8-10-18/h6-14,16,23H,5,15H2,1-4H3,(H,26,29)(H,27,32). The van der Waals surface area contributed by atoms with Gasteiger partial charge in [0.15, 0.2) is 5.11 Å². The summed E-state index contributed by atoms with van der Waals surface area (Å²) in [6.07, 6.45) is 0.0794. The zero-order valence-corrected chi connectivity index (χ0v) is 19.7. The highest BCUT2D eigenvalue weighted by atomic mass is 32.1. The van der Waals surface area contributed by atoms with Crippen LogP contribution in [-0.2, 0) is 20.7 Å². The molecule has 0 aliphatic carbocycles. The van der Waals surface area contributed by atoms with Gasteiger partial charge in [-0.1, -0.05) is 42.5 Å². The van der Waals surface area contributed by atoms with Crippen LogP contribution in [0.5, 0.6) is 0 Å². The number of amides is 1. The fraction of sp³-hybridized carbons (Fsp3) is 0.320. The fourth-order valence-corrected chi connectivity index (χ4v) is 4.08.